The van der Waals surface area contributed by atoms with Crippen LogP contribution in [-0.2, 0) is 9.59 Å². The van der Waals surface area contributed by atoms with Gasteiger partial charge in [0.1, 0.15) is 0 Å². The predicted octanol–water partition coefficient (Wildman–Crippen LogP) is 7.34. The van der Waals surface area contributed by atoms with Gasteiger partial charge in [0.2, 0.25) is 5.91 Å². The van der Waals surface area contributed by atoms with Crippen LogP contribution < -0.4 is 5.32 Å². The Morgan fingerprint density at radius 2 is 1.07 bits per heavy atom. The van der Waals surface area contributed by atoms with Gasteiger partial charge >= 0.3 is 5.97 Å². The highest BCUT2D eigenvalue weighted by Gasteiger charge is 1.97. The average Bonchev–Trinajstić information content (AvgIpc) is 2.73. The first-order chi connectivity index (χ1) is 14.7. The van der Waals surface area contributed by atoms with E-state index in [2.05, 4.69) is 24.4 Å². The van der Waals surface area contributed by atoms with Crippen molar-refractivity contribution < 1.29 is 14.7 Å². The number of carboxylic acid groups (broad SMARTS) is 1. The molecule has 174 valence electrons. The average molecular weight is 422 g/mol. The highest BCUT2D eigenvalue weighted by atomic mass is 16.4. The number of unbranched alkanes of at least 4 members (excludes halogenated alkanes) is 16. The minimum Gasteiger partial charge on any atom is -0.478 e. The largest absolute Gasteiger partial charge is 0.478 e. The summed E-state index contributed by atoms with van der Waals surface area (Å²) in [5.74, 6) is -1.42. The van der Waals surface area contributed by atoms with Crippen LogP contribution in [0.15, 0.2) is 24.3 Å². The molecule has 1 amide bonds. The van der Waals surface area contributed by atoms with E-state index >= 15 is 0 Å². The van der Waals surface area contributed by atoms with E-state index in [4.69, 9.17) is 5.11 Å². The second-order valence-corrected chi connectivity index (χ2v) is 8.31. The van der Waals surface area contributed by atoms with E-state index in [1.54, 1.807) is 0 Å². The van der Waals surface area contributed by atoms with E-state index in [9.17, 15) is 9.59 Å². The lowest BCUT2D eigenvalue weighted by Gasteiger charge is -2.03. The van der Waals surface area contributed by atoms with Crippen LogP contribution in [0.1, 0.15) is 122 Å². The van der Waals surface area contributed by atoms with Gasteiger partial charge in [-0.1, -0.05) is 103 Å². The highest BCUT2D eigenvalue weighted by Crippen LogP contribution is 2.12. The molecule has 0 aromatic rings. The minimum absolute atomic E-state index is 0.328. The Labute approximate surface area is 185 Å². The fraction of sp³-hybridized carbons (Fsp3) is 0.769. The van der Waals surface area contributed by atoms with Crippen LogP contribution in [0, 0.1) is 0 Å². The molecule has 30 heavy (non-hydrogen) atoms. The molecular weight excluding hydrogens is 374 g/mol. The van der Waals surface area contributed by atoms with Gasteiger partial charge in [0.15, 0.2) is 0 Å². The fourth-order valence-electron chi connectivity index (χ4n) is 3.50. The summed E-state index contributed by atoms with van der Waals surface area (Å²) in [6.07, 6.45) is 30.1. The molecule has 0 aliphatic carbocycles. The van der Waals surface area contributed by atoms with Crippen molar-refractivity contribution in [1.82, 2.24) is 5.32 Å². The summed E-state index contributed by atoms with van der Waals surface area (Å²) < 4.78 is 0. The van der Waals surface area contributed by atoms with Crippen LogP contribution in [0.2, 0.25) is 0 Å². The lowest BCUT2D eigenvalue weighted by atomic mass is 10.1. The topological polar surface area (TPSA) is 66.4 Å². The van der Waals surface area contributed by atoms with E-state index in [0.29, 0.717) is 6.54 Å². The summed E-state index contributed by atoms with van der Waals surface area (Å²) in [6, 6.07) is 0. The maximum absolute atomic E-state index is 11.3. The predicted molar refractivity (Wildman–Crippen MR) is 128 cm³/mol. The van der Waals surface area contributed by atoms with Crippen LogP contribution >= 0.6 is 0 Å². The summed E-state index contributed by atoms with van der Waals surface area (Å²) in [4.78, 5) is 21.6. The summed E-state index contributed by atoms with van der Waals surface area (Å²) in [7, 11) is 0. The molecule has 0 saturated carbocycles. The van der Waals surface area contributed by atoms with Gasteiger partial charge in [0.05, 0.1) is 0 Å². The highest BCUT2D eigenvalue weighted by molar-refractivity contribution is 5.93. The summed E-state index contributed by atoms with van der Waals surface area (Å²) in [5.41, 5.74) is 0. The van der Waals surface area contributed by atoms with E-state index in [1.165, 1.54) is 103 Å². The van der Waals surface area contributed by atoms with Gasteiger partial charge < -0.3 is 10.4 Å². The second-order valence-electron chi connectivity index (χ2n) is 8.31. The summed E-state index contributed by atoms with van der Waals surface area (Å²) in [5, 5.41) is 11.1. The van der Waals surface area contributed by atoms with E-state index in [-0.39, 0.29) is 5.91 Å². The molecular formula is C26H47NO3. The molecule has 0 aromatic heterocycles. The first kappa shape index (κ1) is 28.4. The van der Waals surface area contributed by atoms with Crippen molar-refractivity contribution >= 4 is 11.9 Å². The quantitative estimate of drug-likeness (QED) is 0.109. The molecule has 0 unspecified atom stereocenters. The molecule has 0 radical (unpaired) electrons. The third-order valence-corrected chi connectivity index (χ3v) is 5.37. The second kappa shape index (κ2) is 23.7. The number of aliphatic carboxylic acids is 1. The molecule has 2 N–H and O–H groups in total. The lowest BCUT2D eigenvalue weighted by Crippen LogP contribution is -2.22. The molecule has 0 heterocycles. The van der Waals surface area contributed by atoms with Gasteiger partial charge in [-0.3, -0.25) is 4.79 Å². The number of nitrogens with one attached hydrogen (secondary N) is 1. The van der Waals surface area contributed by atoms with Gasteiger partial charge in [-0.25, -0.2) is 4.79 Å². The molecule has 0 fully saturated rings. The molecule has 0 atom stereocenters. The van der Waals surface area contributed by atoms with Crippen LogP contribution in [0.5, 0.6) is 0 Å². The number of amides is 1. The molecule has 0 spiro atoms. The Bertz CT molecular complexity index is 457. The smallest absolute Gasteiger partial charge is 0.328 e. The monoisotopic (exact) mass is 421 g/mol. The SMILES string of the molecule is CCCCCCCC/C=C\CCCCCCCCCCCCNC(=O)/C=C\C(=O)O. The third kappa shape index (κ3) is 24.5. The standard InChI is InChI=1S/C26H47NO3/c1-2-3-4-5-6-7-8-9-10-11-12-13-14-15-16-17-18-19-20-21-24-27-25(28)22-23-26(29)30/h9-10,22-23H,2-8,11-21,24H2,1H3,(H,27,28)(H,29,30)/b10-9-,23-22-. The van der Waals surface area contributed by atoms with Crippen LogP contribution in [0.3, 0.4) is 0 Å². The third-order valence-electron chi connectivity index (χ3n) is 5.37. The van der Waals surface area contributed by atoms with Gasteiger partial charge in [-0.05, 0) is 32.1 Å². The van der Waals surface area contributed by atoms with Crippen molar-refractivity contribution in [3.8, 4) is 0 Å². The van der Waals surface area contributed by atoms with Gasteiger partial charge in [-0.2, -0.15) is 0 Å². The molecule has 4 nitrogen and oxygen atoms in total. The number of rotatable bonds is 22. The first-order valence-corrected chi connectivity index (χ1v) is 12.5. The zero-order valence-corrected chi connectivity index (χ0v) is 19.5. The molecule has 0 saturated heterocycles. The van der Waals surface area contributed by atoms with Crippen molar-refractivity contribution in [1.29, 1.82) is 0 Å². The number of hydrogen-bond donors (Lipinski definition) is 2. The maximum atomic E-state index is 11.3. The van der Waals surface area contributed by atoms with E-state index in [1.807, 2.05) is 0 Å². The molecule has 4 heteroatoms. The van der Waals surface area contributed by atoms with Crippen molar-refractivity contribution in [3.63, 3.8) is 0 Å². The number of hydrogen-bond acceptors (Lipinski definition) is 2. The lowest BCUT2D eigenvalue weighted by molar-refractivity contribution is -0.131. The molecule has 0 rings (SSSR count). The summed E-state index contributed by atoms with van der Waals surface area (Å²) >= 11 is 0. The van der Waals surface area contributed by atoms with Gasteiger partial charge in [0.25, 0.3) is 0 Å². The Hall–Kier alpha value is -1.58. The Balaban J connectivity index is 3.18. The molecule has 0 bridgehead atoms. The molecule has 0 aliphatic rings. The van der Waals surface area contributed by atoms with Crippen LogP contribution in [0.25, 0.3) is 0 Å². The first-order valence-electron chi connectivity index (χ1n) is 12.5. The van der Waals surface area contributed by atoms with Crippen molar-refractivity contribution in [3.05, 3.63) is 24.3 Å². The van der Waals surface area contributed by atoms with Crippen LogP contribution in [-0.4, -0.2) is 23.5 Å². The number of allylic oxidation sites excluding steroid dienone is 2. The molecule has 0 aliphatic heterocycles. The fourth-order valence-corrected chi connectivity index (χ4v) is 3.50. The Morgan fingerprint density at radius 1 is 0.633 bits per heavy atom. The normalized spacial score (nSPS) is 11.5. The van der Waals surface area contributed by atoms with Gasteiger partial charge in [-0.15, -0.1) is 0 Å². The van der Waals surface area contributed by atoms with Crippen molar-refractivity contribution in [2.45, 2.75) is 122 Å². The van der Waals surface area contributed by atoms with E-state index in [0.717, 1.165) is 25.0 Å². The zero-order valence-electron chi connectivity index (χ0n) is 19.5. The van der Waals surface area contributed by atoms with Crippen molar-refractivity contribution in [2.75, 3.05) is 6.54 Å². The van der Waals surface area contributed by atoms with Gasteiger partial charge in [0, 0.05) is 18.7 Å². The number of carboxylic acids is 1. The number of carbonyl (C=O) groups is 2. The zero-order chi connectivity index (χ0) is 22.1. The summed E-state index contributed by atoms with van der Waals surface area (Å²) in [6.45, 7) is 2.89. The Morgan fingerprint density at radius 3 is 1.53 bits per heavy atom. The maximum Gasteiger partial charge on any atom is 0.328 e. The number of carbonyl (C=O) groups excluding carboxylic acids is 1. The molecule has 0 aromatic carbocycles. The Kier molecular flexibility index (Phi) is 22.4. The van der Waals surface area contributed by atoms with E-state index < -0.39 is 5.97 Å². The van der Waals surface area contributed by atoms with Crippen LogP contribution in [0.4, 0.5) is 0 Å². The minimum atomic E-state index is -1.10. The van der Waals surface area contributed by atoms with Crippen molar-refractivity contribution in [2.24, 2.45) is 0 Å².